The first-order chi connectivity index (χ1) is 16.4. The minimum atomic E-state index is -4.74. The molecule has 1 amide bonds. The van der Waals surface area contributed by atoms with E-state index in [-0.39, 0.29) is 23.7 Å². The van der Waals surface area contributed by atoms with Crippen molar-refractivity contribution in [2.45, 2.75) is 23.2 Å². The van der Waals surface area contributed by atoms with E-state index < -0.39 is 44.7 Å². The van der Waals surface area contributed by atoms with Crippen LogP contribution in [-0.4, -0.2) is 47.3 Å². The monoisotopic (exact) mass is 546 g/mol. The lowest BCUT2D eigenvalue weighted by atomic mass is 9.94. The van der Waals surface area contributed by atoms with E-state index in [0.29, 0.717) is 10.6 Å². The molecule has 2 aromatic carbocycles. The maximum atomic E-state index is 13.3. The molecule has 2 heterocycles. The van der Waals surface area contributed by atoms with Crippen LogP contribution in [-0.2, 0) is 23.2 Å². The number of hydrogen-bond donors (Lipinski definition) is 1. The standard InChI is InChI=1S/C22H19Cl2F3N4O3S/c1-30-11-19(28-12-30)35(33,34)31-9-16(13-5-7-14(23)8-6-13)18(10-31)29-21(32)15-3-2-4-17(20(15)24)22(25,26)27/h2-8,11-12,16,18H,9-10H2,1H3,(H,29,32)/t16-,18+/m1/s1. The Balaban J connectivity index is 1.66. The average molecular weight is 547 g/mol. The molecule has 35 heavy (non-hydrogen) atoms. The smallest absolute Gasteiger partial charge is 0.347 e. The molecule has 1 aromatic heterocycles. The maximum absolute atomic E-state index is 13.3. The summed E-state index contributed by atoms with van der Waals surface area (Å²) in [4.78, 5) is 16.9. The Morgan fingerprint density at radius 1 is 1.11 bits per heavy atom. The summed E-state index contributed by atoms with van der Waals surface area (Å²) in [5, 5.41) is 2.28. The lowest BCUT2D eigenvalue weighted by Gasteiger charge is -2.21. The minimum absolute atomic E-state index is 0.0157. The molecule has 2 atom stereocenters. The highest BCUT2D eigenvalue weighted by Gasteiger charge is 2.42. The SMILES string of the molecule is Cn1cnc(S(=O)(=O)N2C[C@H](NC(=O)c3cccc(C(F)(F)F)c3Cl)[C@@H](c3ccc(Cl)cc3)C2)c1. The summed E-state index contributed by atoms with van der Waals surface area (Å²) in [6, 6.07) is 8.99. The lowest BCUT2D eigenvalue weighted by molar-refractivity contribution is -0.137. The van der Waals surface area contributed by atoms with Crippen molar-refractivity contribution in [1.29, 1.82) is 0 Å². The van der Waals surface area contributed by atoms with Crippen LogP contribution in [0.3, 0.4) is 0 Å². The summed E-state index contributed by atoms with van der Waals surface area (Å²) in [6.45, 7) is -0.101. The van der Waals surface area contributed by atoms with E-state index in [1.807, 2.05) is 0 Å². The highest BCUT2D eigenvalue weighted by Crippen LogP contribution is 2.37. The molecule has 0 radical (unpaired) electrons. The number of rotatable bonds is 5. The van der Waals surface area contributed by atoms with Crippen molar-refractivity contribution in [1.82, 2.24) is 19.2 Å². The van der Waals surface area contributed by atoms with Gasteiger partial charge in [-0.25, -0.2) is 13.4 Å². The summed E-state index contributed by atoms with van der Waals surface area (Å²) in [6.07, 6.45) is -2.02. The van der Waals surface area contributed by atoms with Crippen LogP contribution in [0.1, 0.15) is 27.4 Å². The summed E-state index contributed by atoms with van der Waals surface area (Å²) >= 11 is 11.9. The van der Waals surface area contributed by atoms with Crippen molar-refractivity contribution in [3.05, 3.63) is 81.7 Å². The fourth-order valence-corrected chi connectivity index (χ4v) is 5.89. The number of aryl methyl sites for hydroxylation is 1. The molecule has 0 aliphatic carbocycles. The second-order valence-corrected chi connectivity index (χ2v) is 10.8. The van der Waals surface area contributed by atoms with Gasteiger partial charge in [-0.3, -0.25) is 4.79 Å². The van der Waals surface area contributed by atoms with Gasteiger partial charge in [0.05, 0.1) is 28.5 Å². The van der Waals surface area contributed by atoms with E-state index >= 15 is 0 Å². The fraction of sp³-hybridized carbons (Fsp3) is 0.273. The Bertz CT molecular complexity index is 1360. The van der Waals surface area contributed by atoms with Crippen molar-refractivity contribution < 1.29 is 26.4 Å². The molecular weight excluding hydrogens is 528 g/mol. The Labute approximate surface area is 209 Å². The first kappa shape index (κ1) is 25.5. The van der Waals surface area contributed by atoms with Crippen LogP contribution >= 0.6 is 23.2 Å². The van der Waals surface area contributed by atoms with Gasteiger partial charge in [-0.05, 0) is 29.8 Å². The number of imidazole rings is 1. The van der Waals surface area contributed by atoms with Crippen LogP contribution in [0.5, 0.6) is 0 Å². The third-order valence-electron chi connectivity index (χ3n) is 5.74. The molecule has 4 rings (SSSR count). The van der Waals surface area contributed by atoms with Gasteiger partial charge >= 0.3 is 6.18 Å². The van der Waals surface area contributed by atoms with E-state index in [9.17, 15) is 26.4 Å². The molecule has 0 bridgehead atoms. The Morgan fingerprint density at radius 2 is 1.80 bits per heavy atom. The van der Waals surface area contributed by atoms with Gasteiger partial charge < -0.3 is 9.88 Å². The number of hydrogen-bond acceptors (Lipinski definition) is 4. The number of carbonyl (C=O) groups excluding carboxylic acids is 1. The lowest BCUT2D eigenvalue weighted by Crippen LogP contribution is -2.40. The fourth-order valence-electron chi connectivity index (χ4n) is 3.98. The molecule has 1 fully saturated rings. The van der Waals surface area contributed by atoms with Gasteiger partial charge in [0, 0.05) is 37.3 Å². The zero-order chi connectivity index (χ0) is 25.5. The third-order valence-corrected chi connectivity index (χ3v) is 8.11. The van der Waals surface area contributed by atoms with Crippen molar-refractivity contribution in [2.75, 3.05) is 13.1 Å². The molecule has 3 aromatic rings. The molecule has 13 heteroatoms. The van der Waals surface area contributed by atoms with Gasteiger partial charge in [0.15, 0.2) is 5.03 Å². The number of alkyl halides is 3. The van der Waals surface area contributed by atoms with Crippen molar-refractivity contribution in [2.24, 2.45) is 7.05 Å². The summed E-state index contributed by atoms with van der Waals surface area (Å²) < 4.78 is 68.8. The second kappa shape index (κ2) is 9.45. The van der Waals surface area contributed by atoms with Gasteiger partial charge in [-0.1, -0.05) is 41.4 Å². The van der Waals surface area contributed by atoms with Crippen molar-refractivity contribution in [3.8, 4) is 0 Å². The number of nitrogens with one attached hydrogen (secondary N) is 1. The average Bonchev–Trinajstić information content (AvgIpc) is 3.41. The zero-order valence-electron chi connectivity index (χ0n) is 18.1. The number of benzene rings is 2. The third kappa shape index (κ3) is 5.18. The molecule has 1 aliphatic heterocycles. The van der Waals surface area contributed by atoms with Gasteiger partial charge in [-0.2, -0.15) is 17.5 Å². The Hall–Kier alpha value is -2.60. The Morgan fingerprint density at radius 3 is 2.40 bits per heavy atom. The van der Waals surface area contributed by atoms with Crippen molar-refractivity contribution >= 4 is 39.1 Å². The van der Waals surface area contributed by atoms with Crippen LogP contribution in [0.2, 0.25) is 10.0 Å². The van der Waals surface area contributed by atoms with Crippen molar-refractivity contribution in [3.63, 3.8) is 0 Å². The van der Waals surface area contributed by atoms with E-state index in [0.717, 1.165) is 12.1 Å². The first-order valence-electron chi connectivity index (χ1n) is 10.3. The largest absolute Gasteiger partial charge is 0.417 e. The number of nitrogens with zero attached hydrogens (tertiary/aromatic N) is 3. The maximum Gasteiger partial charge on any atom is 0.417 e. The highest BCUT2D eigenvalue weighted by atomic mass is 35.5. The molecular formula is C22H19Cl2F3N4O3S. The topological polar surface area (TPSA) is 84.3 Å². The number of amides is 1. The van der Waals surface area contributed by atoms with Crippen LogP contribution < -0.4 is 5.32 Å². The molecule has 0 saturated carbocycles. The number of carbonyl (C=O) groups is 1. The highest BCUT2D eigenvalue weighted by molar-refractivity contribution is 7.89. The predicted molar refractivity (Wildman–Crippen MR) is 124 cm³/mol. The second-order valence-electron chi connectivity index (χ2n) is 8.10. The minimum Gasteiger partial charge on any atom is -0.347 e. The van der Waals surface area contributed by atoms with E-state index in [2.05, 4.69) is 10.3 Å². The first-order valence-corrected chi connectivity index (χ1v) is 12.5. The van der Waals surface area contributed by atoms with Gasteiger partial charge in [-0.15, -0.1) is 0 Å². The number of aromatic nitrogens is 2. The molecule has 1 aliphatic rings. The molecule has 1 N–H and O–H groups in total. The van der Waals surface area contributed by atoms with Crippen LogP contribution in [0, 0.1) is 0 Å². The molecule has 0 unspecified atom stereocenters. The summed E-state index contributed by atoms with van der Waals surface area (Å²) in [5.74, 6) is -1.35. The summed E-state index contributed by atoms with van der Waals surface area (Å²) in [7, 11) is -2.35. The van der Waals surface area contributed by atoms with Gasteiger partial charge in [0.2, 0.25) is 0 Å². The van der Waals surface area contributed by atoms with E-state index in [4.69, 9.17) is 23.2 Å². The molecule has 1 saturated heterocycles. The normalized spacial score (nSPS) is 19.1. The van der Waals surface area contributed by atoms with Gasteiger partial charge in [0.1, 0.15) is 0 Å². The van der Waals surface area contributed by atoms with Crippen LogP contribution in [0.15, 0.2) is 60.0 Å². The van der Waals surface area contributed by atoms with Crippen LogP contribution in [0.25, 0.3) is 0 Å². The molecule has 0 spiro atoms. The zero-order valence-corrected chi connectivity index (χ0v) is 20.5. The van der Waals surface area contributed by atoms with Crippen LogP contribution in [0.4, 0.5) is 13.2 Å². The quantitative estimate of drug-likeness (QED) is 0.516. The molecule has 186 valence electrons. The van der Waals surface area contributed by atoms with E-state index in [1.165, 1.54) is 27.5 Å². The van der Waals surface area contributed by atoms with Gasteiger partial charge in [0.25, 0.3) is 15.9 Å². The summed E-state index contributed by atoms with van der Waals surface area (Å²) in [5.41, 5.74) is -0.789. The number of halogens is 5. The van der Waals surface area contributed by atoms with E-state index in [1.54, 1.807) is 31.3 Å². The number of sulfonamides is 1. The predicted octanol–water partition coefficient (Wildman–Crippen LogP) is 4.33. The molecule has 7 nitrogen and oxygen atoms in total. The Kier molecular flexibility index (Phi) is 6.89.